The van der Waals surface area contributed by atoms with Crippen molar-refractivity contribution in [1.29, 1.82) is 0 Å². The van der Waals surface area contributed by atoms with E-state index in [1.807, 2.05) is 30.3 Å². The van der Waals surface area contributed by atoms with Crippen molar-refractivity contribution in [3.8, 4) is 5.75 Å². The number of nitrogens with one attached hydrogen (secondary N) is 2. The van der Waals surface area contributed by atoms with Crippen LogP contribution in [0.4, 0.5) is 5.69 Å². The Kier molecular flexibility index (Phi) is 5.14. The average molecular weight is 320 g/mol. The van der Waals surface area contributed by atoms with Crippen LogP contribution in [0.25, 0.3) is 0 Å². The average Bonchev–Trinajstić information content (AvgIpc) is 2.48. The molecule has 0 radical (unpaired) electrons. The molecule has 0 heterocycles. The van der Waals surface area contributed by atoms with Crippen LogP contribution in [0.5, 0.6) is 5.75 Å². The van der Waals surface area contributed by atoms with Gasteiger partial charge >= 0.3 is 0 Å². The first-order valence-electron chi connectivity index (χ1n) is 6.21. The standard InChI is InChI=1S/C15H14ClN3OS/c1-10(13-9-11(16)7-8-14(13)20)18-19-15(21)17-12-5-3-2-4-6-12/h2-9,20H,1H3,(H2,17,19,21). The van der Waals surface area contributed by atoms with Crippen molar-refractivity contribution in [2.75, 3.05) is 5.32 Å². The SMILES string of the molecule is CC(=NNC(=S)Nc1ccccc1)c1cc(Cl)ccc1O. The molecule has 2 aromatic carbocycles. The number of benzene rings is 2. The normalized spacial score (nSPS) is 11.0. The first-order valence-corrected chi connectivity index (χ1v) is 7.00. The molecule has 0 aliphatic heterocycles. The van der Waals surface area contributed by atoms with Crippen molar-refractivity contribution in [2.24, 2.45) is 5.10 Å². The van der Waals surface area contributed by atoms with Gasteiger partial charge in [0.1, 0.15) is 5.75 Å². The molecule has 2 aromatic rings. The summed E-state index contributed by atoms with van der Waals surface area (Å²) in [6.45, 7) is 1.75. The molecule has 0 aliphatic carbocycles. The third-order valence-corrected chi connectivity index (χ3v) is 3.13. The second-order valence-electron chi connectivity index (χ2n) is 4.29. The molecule has 3 N–H and O–H groups in total. The zero-order chi connectivity index (χ0) is 15.2. The van der Waals surface area contributed by atoms with Crippen molar-refractivity contribution >= 4 is 40.3 Å². The van der Waals surface area contributed by atoms with E-state index in [0.717, 1.165) is 5.69 Å². The molecular weight excluding hydrogens is 306 g/mol. The maximum atomic E-state index is 9.79. The first-order chi connectivity index (χ1) is 10.1. The number of hydrogen-bond donors (Lipinski definition) is 3. The van der Waals surface area contributed by atoms with Crippen LogP contribution in [0.1, 0.15) is 12.5 Å². The van der Waals surface area contributed by atoms with E-state index in [4.69, 9.17) is 23.8 Å². The molecule has 0 aromatic heterocycles. The fourth-order valence-corrected chi connectivity index (χ4v) is 2.01. The molecule has 4 nitrogen and oxygen atoms in total. The van der Waals surface area contributed by atoms with Gasteiger partial charge in [0.15, 0.2) is 5.11 Å². The van der Waals surface area contributed by atoms with E-state index in [1.165, 1.54) is 6.07 Å². The Balaban J connectivity index is 2.03. The van der Waals surface area contributed by atoms with Gasteiger partial charge in [-0.3, -0.25) is 5.43 Å². The number of anilines is 1. The summed E-state index contributed by atoms with van der Waals surface area (Å²) < 4.78 is 0. The van der Waals surface area contributed by atoms with Crippen LogP contribution in [-0.4, -0.2) is 15.9 Å². The molecule has 0 aliphatic rings. The molecule has 108 valence electrons. The lowest BCUT2D eigenvalue weighted by Gasteiger charge is -2.08. The molecule has 0 fully saturated rings. The largest absolute Gasteiger partial charge is 0.507 e. The summed E-state index contributed by atoms with van der Waals surface area (Å²) >= 11 is 11.1. The molecule has 6 heteroatoms. The van der Waals surface area contributed by atoms with Gasteiger partial charge in [0.05, 0.1) is 5.71 Å². The summed E-state index contributed by atoms with van der Waals surface area (Å²) in [4.78, 5) is 0. The third kappa shape index (κ3) is 4.44. The van der Waals surface area contributed by atoms with E-state index < -0.39 is 0 Å². The van der Waals surface area contributed by atoms with Crippen LogP contribution < -0.4 is 10.7 Å². The highest BCUT2D eigenvalue weighted by Crippen LogP contribution is 2.21. The number of nitrogens with zero attached hydrogens (tertiary/aromatic N) is 1. The monoisotopic (exact) mass is 319 g/mol. The van der Waals surface area contributed by atoms with Crippen molar-refractivity contribution in [1.82, 2.24) is 5.43 Å². The predicted octanol–water partition coefficient (Wildman–Crippen LogP) is 3.76. The highest BCUT2D eigenvalue weighted by Gasteiger charge is 2.06. The van der Waals surface area contributed by atoms with Crippen molar-refractivity contribution < 1.29 is 5.11 Å². The molecule has 0 unspecified atom stereocenters. The van der Waals surface area contributed by atoms with E-state index in [9.17, 15) is 5.11 Å². The second-order valence-corrected chi connectivity index (χ2v) is 5.14. The zero-order valence-electron chi connectivity index (χ0n) is 11.3. The summed E-state index contributed by atoms with van der Waals surface area (Å²) in [5.74, 6) is 0.115. The van der Waals surface area contributed by atoms with Gasteiger partial charge in [-0.1, -0.05) is 29.8 Å². The molecule has 0 saturated heterocycles. The van der Waals surface area contributed by atoms with Gasteiger partial charge in [-0.05, 0) is 49.5 Å². The number of thiocarbonyl (C=S) groups is 1. The summed E-state index contributed by atoms with van der Waals surface area (Å²) in [6.07, 6.45) is 0. The van der Waals surface area contributed by atoms with Gasteiger partial charge in [0, 0.05) is 16.3 Å². The lowest BCUT2D eigenvalue weighted by molar-refractivity contribution is 0.474. The number of halogens is 1. The fourth-order valence-electron chi connectivity index (χ4n) is 1.67. The molecule has 0 bridgehead atoms. The van der Waals surface area contributed by atoms with Crippen molar-refractivity contribution in [2.45, 2.75) is 6.92 Å². The Hall–Kier alpha value is -2.11. The Bertz CT molecular complexity index is 674. The summed E-state index contributed by atoms with van der Waals surface area (Å²) in [5.41, 5.74) is 4.73. The van der Waals surface area contributed by atoms with E-state index >= 15 is 0 Å². The van der Waals surface area contributed by atoms with Gasteiger partial charge in [-0.15, -0.1) is 0 Å². The minimum Gasteiger partial charge on any atom is -0.507 e. The van der Waals surface area contributed by atoms with E-state index in [2.05, 4.69) is 15.8 Å². The Labute approximate surface area is 133 Å². The minimum absolute atomic E-state index is 0.115. The number of para-hydroxylation sites is 1. The van der Waals surface area contributed by atoms with Crippen LogP contribution >= 0.6 is 23.8 Å². The number of hydrazone groups is 1. The van der Waals surface area contributed by atoms with Gasteiger partial charge in [-0.2, -0.15) is 5.10 Å². The number of aromatic hydroxyl groups is 1. The summed E-state index contributed by atoms with van der Waals surface area (Å²) in [5, 5.41) is 17.8. The van der Waals surface area contributed by atoms with E-state index in [-0.39, 0.29) is 5.75 Å². The quantitative estimate of drug-likeness (QED) is 0.458. The van der Waals surface area contributed by atoms with Gasteiger partial charge in [0.2, 0.25) is 0 Å². The second kappa shape index (κ2) is 7.06. The zero-order valence-corrected chi connectivity index (χ0v) is 12.9. The number of hydrogen-bond acceptors (Lipinski definition) is 3. The van der Waals surface area contributed by atoms with Gasteiger partial charge in [-0.25, -0.2) is 0 Å². The minimum atomic E-state index is 0.115. The van der Waals surface area contributed by atoms with Crippen LogP contribution in [0.15, 0.2) is 53.6 Å². The molecule has 2 rings (SSSR count). The number of phenolic OH excluding ortho intramolecular Hbond substituents is 1. The topological polar surface area (TPSA) is 56.7 Å². The van der Waals surface area contributed by atoms with Crippen molar-refractivity contribution in [3.05, 3.63) is 59.1 Å². The first kappa shape index (κ1) is 15.3. The third-order valence-electron chi connectivity index (χ3n) is 2.71. The lowest BCUT2D eigenvalue weighted by Crippen LogP contribution is -2.24. The Morgan fingerprint density at radius 1 is 1.19 bits per heavy atom. The fraction of sp³-hybridized carbons (Fsp3) is 0.0667. The van der Waals surface area contributed by atoms with Crippen LogP contribution in [0.3, 0.4) is 0 Å². The highest BCUT2D eigenvalue weighted by molar-refractivity contribution is 7.80. The molecular formula is C15H14ClN3OS. The highest BCUT2D eigenvalue weighted by atomic mass is 35.5. The van der Waals surface area contributed by atoms with E-state index in [0.29, 0.717) is 21.4 Å². The molecule has 0 saturated carbocycles. The molecule has 0 amide bonds. The molecule has 0 atom stereocenters. The Morgan fingerprint density at radius 2 is 1.90 bits per heavy atom. The van der Waals surface area contributed by atoms with Crippen LogP contribution in [0.2, 0.25) is 5.02 Å². The summed E-state index contributed by atoms with van der Waals surface area (Å²) in [6, 6.07) is 14.3. The lowest BCUT2D eigenvalue weighted by atomic mass is 10.1. The summed E-state index contributed by atoms with van der Waals surface area (Å²) in [7, 11) is 0. The van der Waals surface area contributed by atoms with Crippen LogP contribution in [-0.2, 0) is 0 Å². The smallest absolute Gasteiger partial charge is 0.191 e. The Morgan fingerprint density at radius 3 is 2.62 bits per heavy atom. The van der Waals surface area contributed by atoms with Crippen molar-refractivity contribution in [3.63, 3.8) is 0 Å². The number of rotatable bonds is 3. The predicted molar refractivity (Wildman–Crippen MR) is 91.1 cm³/mol. The molecule has 0 spiro atoms. The van der Waals surface area contributed by atoms with Crippen LogP contribution in [0, 0.1) is 0 Å². The molecule has 21 heavy (non-hydrogen) atoms. The maximum Gasteiger partial charge on any atom is 0.191 e. The number of phenols is 1. The van der Waals surface area contributed by atoms with Gasteiger partial charge < -0.3 is 10.4 Å². The van der Waals surface area contributed by atoms with Gasteiger partial charge in [0.25, 0.3) is 0 Å². The van der Waals surface area contributed by atoms with E-state index in [1.54, 1.807) is 19.1 Å². The maximum absolute atomic E-state index is 9.79.